The topological polar surface area (TPSA) is 81.8 Å². The summed E-state index contributed by atoms with van der Waals surface area (Å²) in [5, 5.41) is 6.22. The molecule has 1 amide bonds. The number of amides is 1. The van der Waals surface area contributed by atoms with E-state index in [1.165, 1.54) is 0 Å². The molecule has 0 bridgehead atoms. The first-order valence-corrected chi connectivity index (χ1v) is 11.2. The fraction of sp³-hybridized carbons (Fsp3) is 0.941. The standard InChI is InChI=1S/C17H32N4O3S.ClH/c1-14-6-2-3-11-21(14)25(23,24)20-10-5-7-15(13-20)12-19-17(22)16-8-4-9-18-16;/h14-16,18H,2-13H2,1H3,(H,19,22);1H. The normalized spacial score (nSPS) is 31.3. The number of nitrogens with zero attached hydrogens (tertiary/aromatic N) is 2. The molecule has 3 atom stereocenters. The number of halogens is 1. The van der Waals surface area contributed by atoms with Gasteiger partial charge in [-0.15, -0.1) is 12.4 Å². The van der Waals surface area contributed by atoms with E-state index >= 15 is 0 Å². The van der Waals surface area contributed by atoms with Crippen molar-refractivity contribution >= 4 is 28.5 Å². The highest BCUT2D eigenvalue weighted by atomic mass is 35.5. The van der Waals surface area contributed by atoms with Crippen LogP contribution in [0.3, 0.4) is 0 Å². The van der Waals surface area contributed by atoms with Gasteiger partial charge in [-0.1, -0.05) is 6.42 Å². The Morgan fingerprint density at radius 2 is 1.92 bits per heavy atom. The summed E-state index contributed by atoms with van der Waals surface area (Å²) >= 11 is 0. The molecule has 3 saturated heterocycles. The average Bonchev–Trinajstić information content (AvgIpc) is 3.15. The largest absolute Gasteiger partial charge is 0.354 e. The number of rotatable bonds is 5. The lowest BCUT2D eigenvalue weighted by molar-refractivity contribution is -0.123. The van der Waals surface area contributed by atoms with Crippen LogP contribution < -0.4 is 10.6 Å². The lowest BCUT2D eigenvalue weighted by Gasteiger charge is -2.39. The van der Waals surface area contributed by atoms with Gasteiger partial charge < -0.3 is 10.6 Å². The maximum Gasteiger partial charge on any atom is 0.282 e. The third-order valence-electron chi connectivity index (χ3n) is 5.79. The zero-order chi connectivity index (χ0) is 17.9. The number of nitrogens with one attached hydrogen (secondary N) is 2. The Kier molecular flexibility index (Phi) is 8.15. The molecule has 3 fully saturated rings. The fourth-order valence-corrected chi connectivity index (χ4v) is 6.22. The molecule has 3 unspecified atom stereocenters. The van der Waals surface area contributed by atoms with Crippen molar-refractivity contribution in [2.24, 2.45) is 5.92 Å². The van der Waals surface area contributed by atoms with Crippen LogP contribution in [0.4, 0.5) is 0 Å². The van der Waals surface area contributed by atoms with Crippen LogP contribution in [0.5, 0.6) is 0 Å². The molecule has 3 heterocycles. The second-order valence-electron chi connectivity index (χ2n) is 7.72. The highest BCUT2D eigenvalue weighted by Gasteiger charge is 2.37. The number of piperidine rings is 2. The second kappa shape index (κ2) is 9.68. The van der Waals surface area contributed by atoms with Crippen LogP contribution in [-0.4, -0.2) is 67.7 Å². The predicted molar refractivity (Wildman–Crippen MR) is 105 cm³/mol. The summed E-state index contributed by atoms with van der Waals surface area (Å²) in [6.45, 7) is 5.23. The van der Waals surface area contributed by atoms with E-state index in [-0.39, 0.29) is 36.3 Å². The van der Waals surface area contributed by atoms with E-state index in [2.05, 4.69) is 10.6 Å². The molecule has 0 spiro atoms. The van der Waals surface area contributed by atoms with Crippen molar-refractivity contribution in [2.75, 3.05) is 32.7 Å². The summed E-state index contributed by atoms with van der Waals surface area (Å²) in [4.78, 5) is 12.1. The van der Waals surface area contributed by atoms with Crippen molar-refractivity contribution in [3.63, 3.8) is 0 Å². The summed E-state index contributed by atoms with van der Waals surface area (Å²) in [5.74, 6) is 0.260. The molecule has 0 aliphatic carbocycles. The van der Waals surface area contributed by atoms with Gasteiger partial charge in [0.15, 0.2) is 0 Å². The minimum atomic E-state index is -3.38. The molecular weight excluding hydrogens is 376 g/mol. The fourth-order valence-electron chi connectivity index (χ4n) is 4.24. The molecule has 26 heavy (non-hydrogen) atoms. The molecule has 0 aromatic rings. The average molecular weight is 409 g/mol. The van der Waals surface area contributed by atoms with E-state index < -0.39 is 10.2 Å². The summed E-state index contributed by atoms with van der Waals surface area (Å²) in [7, 11) is -3.38. The van der Waals surface area contributed by atoms with E-state index in [0.717, 1.165) is 51.5 Å². The van der Waals surface area contributed by atoms with E-state index in [4.69, 9.17) is 0 Å². The smallest absolute Gasteiger partial charge is 0.282 e. The van der Waals surface area contributed by atoms with Crippen LogP contribution in [0.25, 0.3) is 0 Å². The van der Waals surface area contributed by atoms with Gasteiger partial charge in [0.2, 0.25) is 5.91 Å². The molecule has 152 valence electrons. The molecule has 3 aliphatic rings. The minimum Gasteiger partial charge on any atom is -0.354 e. The first-order valence-electron chi connectivity index (χ1n) is 9.76. The van der Waals surface area contributed by atoms with Crippen molar-refractivity contribution < 1.29 is 13.2 Å². The first kappa shape index (κ1) is 21.9. The van der Waals surface area contributed by atoms with Crippen LogP contribution in [0.2, 0.25) is 0 Å². The van der Waals surface area contributed by atoms with Crippen LogP contribution in [-0.2, 0) is 15.0 Å². The molecule has 3 rings (SSSR count). The number of hydrogen-bond donors (Lipinski definition) is 2. The highest BCUT2D eigenvalue weighted by Crippen LogP contribution is 2.26. The number of carbonyl (C=O) groups excluding carboxylic acids is 1. The maximum absolute atomic E-state index is 13.0. The van der Waals surface area contributed by atoms with Crippen LogP contribution in [0.1, 0.15) is 51.9 Å². The quantitative estimate of drug-likeness (QED) is 0.713. The Balaban J connectivity index is 0.00000243. The second-order valence-corrected chi connectivity index (χ2v) is 9.60. The minimum absolute atomic E-state index is 0. The van der Waals surface area contributed by atoms with E-state index in [1.807, 2.05) is 6.92 Å². The third kappa shape index (κ3) is 5.10. The first-order chi connectivity index (χ1) is 12.0. The van der Waals surface area contributed by atoms with Gasteiger partial charge >= 0.3 is 0 Å². The van der Waals surface area contributed by atoms with Crippen molar-refractivity contribution in [3.05, 3.63) is 0 Å². The summed E-state index contributed by atoms with van der Waals surface area (Å²) in [6, 6.07) is 0.0184. The van der Waals surface area contributed by atoms with Gasteiger partial charge in [0, 0.05) is 32.2 Å². The van der Waals surface area contributed by atoms with Crippen molar-refractivity contribution in [1.29, 1.82) is 0 Å². The van der Waals surface area contributed by atoms with Gasteiger partial charge in [0.1, 0.15) is 0 Å². The van der Waals surface area contributed by atoms with Gasteiger partial charge in [-0.3, -0.25) is 4.79 Å². The molecule has 0 aromatic carbocycles. The van der Waals surface area contributed by atoms with E-state index in [0.29, 0.717) is 26.2 Å². The van der Waals surface area contributed by atoms with Crippen molar-refractivity contribution in [3.8, 4) is 0 Å². The van der Waals surface area contributed by atoms with Crippen molar-refractivity contribution in [2.45, 2.75) is 64.0 Å². The molecule has 9 heteroatoms. The van der Waals surface area contributed by atoms with Gasteiger partial charge in [-0.05, 0) is 57.9 Å². The Labute approximate surface area is 163 Å². The van der Waals surface area contributed by atoms with E-state index in [9.17, 15) is 13.2 Å². The predicted octanol–water partition coefficient (Wildman–Crippen LogP) is 1.11. The zero-order valence-electron chi connectivity index (χ0n) is 15.7. The van der Waals surface area contributed by atoms with Crippen LogP contribution >= 0.6 is 12.4 Å². The molecule has 3 aliphatic heterocycles. The lowest BCUT2D eigenvalue weighted by Crippen LogP contribution is -2.53. The number of carbonyl (C=O) groups is 1. The number of hydrogen-bond acceptors (Lipinski definition) is 4. The Hall–Kier alpha value is -0.410. The van der Waals surface area contributed by atoms with Gasteiger partial charge in [-0.25, -0.2) is 0 Å². The molecule has 0 saturated carbocycles. The Bertz CT molecular complexity index is 568. The maximum atomic E-state index is 13.0. The van der Waals surface area contributed by atoms with Crippen LogP contribution in [0.15, 0.2) is 0 Å². The SMILES string of the molecule is CC1CCCCN1S(=O)(=O)N1CCCC(CNC(=O)C2CCCN2)C1.Cl. The highest BCUT2D eigenvalue weighted by molar-refractivity contribution is 7.86. The van der Waals surface area contributed by atoms with Gasteiger partial charge in [0.25, 0.3) is 10.2 Å². The van der Waals surface area contributed by atoms with Gasteiger partial charge in [0.05, 0.1) is 6.04 Å². The molecule has 0 radical (unpaired) electrons. The molecule has 2 N–H and O–H groups in total. The van der Waals surface area contributed by atoms with Gasteiger partial charge in [-0.2, -0.15) is 17.0 Å². The third-order valence-corrected chi connectivity index (χ3v) is 7.91. The van der Waals surface area contributed by atoms with Crippen molar-refractivity contribution in [1.82, 2.24) is 19.2 Å². The summed E-state index contributed by atoms with van der Waals surface area (Å²) < 4.78 is 29.3. The molecule has 0 aromatic heterocycles. The monoisotopic (exact) mass is 408 g/mol. The molecular formula is C17H33ClN4O3S. The van der Waals surface area contributed by atoms with E-state index in [1.54, 1.807) is 8.61 Å². The zero-order valence-corrected chi connectivity index (χ0v) is 17.3. The van der Waals surface area contributed by atoms with Crippen LogP contribution in [0, 0.1) is 5.92 Å². The summed E-state index contributed by atoms with van der Waals surface area (Å²) in [6.07, 6.45) is 6.78. The summed E-state index contributed by atoms with van der Waals surface area (Å²) in [5.41, 5.74) is 0. The molecule has 7 nitrogen and oxygen atoms in total. The Morgan fingerprint density at radius 3 is 2.62 bits per heavy atom. The lowest BCUT2D eigenvalue weighted by atomic mass is 9.99. The Morgan fingerprint density at radius 1 is 1.12 bits per heavy atom.